The van der Waals surface area contributed by atoms with Crippen LogP contribution in [0.4, 0.5) is 4.39 Å². The Labute approximate surface area is 101 Å². The molecular formula is C14H19FO2. The molecule has 2 rings (SSSR count). The minimum Gasteiger partial charge on any atom is -0.390 e. The van der Waals surface area contributed by atoms with E-state index in [2.05, 4.69) is 0 Å². The molecule has 0 aliphatic carbocycles. The van der Waals surface area contributed by atoms with Crippen LogP contribution >= 0.6 is 0 Å². The molecule has 0 bridgehead atoms. The van der Waals surface area contributed by atoms with Crippen molar-refractivity contribution in [2.75, 3.05) is 6.61 Å². The summed E-state index contributed by atoms with van der Waals surface area (Å²) in [5.74, 6) is -0.232. The summed E-state index contributed by atoms with van der Waals surface area (Å²) < 4.78 is 18.6. The second-order valence-electron chi connectivity index (χ2n) is 5.06. The molecule has 1 heterocycles. The number of halogens is 1. The highest BCUT2D eigenvalue weighted by Gasteiger charge is 2.37. The summed E-state index contributed by atoms with van der Waals surface area (Å²) in [6.45, 7) is 4.53. The van der Waals surface area contributed by atoms with Crippen molar-refractivity contribution in [3.63, 3.8) is 0 Å². The number of aryl methyl sites for hydroxylation is 1. The van der Waals surface area contributed by atoms with Gasteiger partial charge in [-0.15, -0.1) is 0 Å². The van der Waals surface area contributed by atoms with E-state index in [0.717, 1.165) is 30.6 Å². The van der Waals surface area contributed by atoms with Crippen LogP contribution in [-0.2, 0) is 11.2 Å². The van der Waals surface area contributed by atoms with Gasteiger partial charge in [0.1, 0.15) is 5.82 Å². The van der Waals surface area contributed by atoms with Crippen LogP contribution in [0.25, 0.3) is 0 Å². The Morgan fingerprint density at radius 1 is 1.53 bits per heavy atom. The summed E-state index contributed by atoms with van der Waals surface area (Å²) >= 11 is 0. The van der Waals surface area contributed by atoms with Crippen molar-refractivity contribution in [2.24, 2.45) is 0 Å². The fourth-order valence-corrected chi connectivity index (χ4v) is 2.38. The van der Waals surface area contributed by atoms with E-state index in [9.17, 15) is 9.50 Å². The maximum atomic E-state index is 13.0. The first kappa shape index (κ1) is 12.5. The molecule has 0 spiro atoms. The van der Waals surface area contributed by atoms with Gasteiger partial charge < -0.3 is 9.84 Å². The Morgan fingerprint density at radius 2 is 2.29 bits per heavy atom. The van der Waals surface area contributed by atoms with E-state index in [-0.39, 0.29) is 5.82 Å². The van der Waals surface area contributed by atoms with E-state index < -0.39 is 11.7 Å². The first-order valence-corrected chi connectivity index (χ1v) is 6.08. The molecule has 0 saturated carbocycles. The predicted molar refractivity (Wildman–Crippen MR) is 64.4 cm³/mol. The van der Waals surface area contributed by atoms with Crippen LogP contribution in [0.3, 0.4) is 0 Å². The summed E-state index contributed by atoms with van der Waals surface area (Å²) in [7, 11) is 0. The van der Waals surface area contributed by atoms with Gasteiger partial charge in [0.2, 0.25) is 0 Å². The molecule has 1 aliphatic heterocycles. The lowest BCUT2D eigenvalue weighted by Gasteiger charge is -2.29. The maximum Gasteiger partial charge on any atom is 0.123 e. The number of benzene rings is 1. The third-order valence-electron chi connectivity index (χ3n) is 3.67. The number of rotatable bonds is 3. The zero-order valence-electron chi connectivity index (χ0n) is 10.4. The minimum absolute atomic E-state index is 0.232. The van der Waals surface area contributed by atoms with Crippen molar-refractivity contribution in [1.82, 2.24) is 0 Å². The molecule has 1 aromatic rings. The highest BCUT2D eigenvalue weighted by molar-refractivity contribution is 5.27. The lowest BCUT2D eigenvalue weighted by Crippen LogP contribution is -2.40. The first-order chi connectivity index (χ1) is 8.01. The largest absolute Gasteiger partial charge is 0.390 e. The topological polar surface area (TPSA) is 29.5 Å². The second-order valence-corrected chi connectivity index (χ2v) is 5.06. The molecule has 0 aromatic heterocycles. The summed E-state index contributed by atoms with van der Waals surface area (Å²) in [5.41, 5.74) is 1.42. The Bertz CT molecular complexity index is 397. The number of hydrogen-bond donors (Lipinski definition) is 1. The average Bonchev–Trinajstić information content (AvgIpc) is 2.71. The van der Waals surface area contributed by atoms with Gasteiger partial charge >= 0.3 is 0 Å². The van der Waals surface area contributed by atoms with E-state index in [1.807, 2.05) is 13.8 Å². The Kier molecular flexibility index (Phi) is 3.50. The van der Waals surface area contributed by atoms with Crippen LogP contribution in [0.1, 0.15) is 30.9 Å². The lowest BCUT2D eigenvalue weighted by atomic mass is 9.89. The SMILES string of the molecule is Cc1cc(F)ccc1CC(O)C1(C)CCCO1. The van der Waals surface area contributed by atoms with Gasteiger partial charge in [0.25, 0.3) is 0 Å². The van der Waals surface area contributed by atoms with Crippen molar-refractivity contribution < 1.29 is 14.2 Å². The normalized spacial score (nSPS) is 26.1. The van der Waals surface area contributed by atoms with Crippen LogP contribution in [-0.4, -0.2) is 23.4 Å². The smallest absolute Gasteiger partial charge is 0.123 e. The maximum absolute atomic E-state index is 13.0. The Balaban J connectivity index is 2.10. The predicted octanol–water partition coefficient (Wildman–Crippen LogP) is 2.61. The number of hydrogen-bond acceptors (Lipinski definition) is 2. The van der Waals surface area contributed by atoms with Crippen LogP contribution in [0.15, 0.2) is 18.2 Å². The van der Waals surface area contributed by atoms with E-state index in [0.29, 0.717) is 6.42 Å². The fraction of sp³-hybridized carbons (Fsp3) is 0.571. The molecule has 2 unspecified atom stereocenters. The highest BCUT2D eigenvalue weighted by Crippen LogP contribution is 2.30. The quantitative estimate of drug-likeness (QED) is 0.877. The Hall–Kier alpha value is -0.930. The number of ether oxygens (including phenoxy) is 1. The van der Waals surface area contributed by atoms with Crippen LogP contribution in [0.2, 0.25) is 0 Å². The third kappa shape index (κ3) is 2.67. The monoisotopic (exact) mass is 238 g/mol. The zero-order chi connectivity index (χ0) is 12.5. The second kappa shape index (κ2) is 4.75. The van der Waals surface area contributed by atoms with Gasteiger partial charge in [-0.1, -0.05) is 6.07 Å². The zero-order valence-corrected chi connectivity index (χ0v) is 10.4. The van der Waals surface area contributed by atoms with E-state index >= 15 is 0 Å². The third-order valence-corrected chi connectivity index (χ3v) is 3.67. The molecule has 2 nitrogen and oxygen atoms in total. The van der Waals surface area contributed by atoms with Crippen molar-refractivity contribution in [3.8, 4) is 0 Å². The van der Waals surface area contributed by atoms with Gasteiger partial charge in [-0.3, -0.25) is 0 Å². The molecular weight excluding hydrogens is 219 g/mol. The van der Waals surface area contributed by atoms with Crippen molar-refractivity contribution in [1.29, 1.82) is 0 Å². The van der Waals surface area contributed by atoms with Gasteiger partial charge in [0.15, 0.2) is 0 Å². The molecule has 2 atom stereocenters. The Morgan fingerprint density at radius 3 is 2.88 bits per heavy atom. The number of aliphatic hydroxyl groups is 1. The molecule has 1 aromatic carbocycles. The van der Waals surface area contributed by atoms with Crippen molar-refractivity contribution in [3.05, 3.63) is 35.1 Å². The van der Waals surface area contributed by atoms with Crippen LogP contribution in [0, 0.1) is 12.7 Å². The molecule has 1 aliphatic rings. The standard InChI is InChI=1S/C14H19FO2/c1-10-8-12(15)5-4-11(10)9-13(16)14(2)6-3-7-17-14/h4-5,8,13,16H,3,6-7,9H2,1-2H3. The fourth-order valence-electron chi connectivity index (χ4n) is 2.38. The lowest BCUT2D eigenvalue weighted by molar-refractivity contribution is -0.0768. The molecule has 0 radical (unpaired) electrons. The van der Waals surface area contributed by atoms with Crippen molar-refractivity contribution >= 4 is 0 Å². The first-order valence-electron chi connectivity index (χ1n) is 6.08. The molecule has 1 N–H and O–H groups in total. The molecule has 3 heteroatoms. The van der Waals surface area contributed by atoms with Gasteiger partial charge in [-0.25, -0.2) is 4.39 Å². The van der Waals surface area contributed by atoms with Gasteiger partial charge in [0, 0.05) is 13.0 Å². The minimum atomic E-state index is -0.533. The number of aliphatic hydroxyl groups excluding tert-OH is 1. The summed E-state index contributed by atoms with van der Waals surface area (Å²) in [5, 5.41) is 10.2. The molecule has 0 amide bonds. The molecule has 1 saturated heterocycles. The van der Waals surface area contributed by atoms with Gasteiger partial charge in [-0.05, 0) is 49.9 Å². The summed E-state index contributed by atoms with van der Waals surface area (Å²) in [6, 6.07) is 4.68. The van der Waals surface area contributed by atoms with Gasteiger partial charge in [-0.2, -0.15) is 0 Å². The van der Waals surface area contributed by atoms with Crippen LogP contribution in [0.5, 0.6) is 0 Å². The van der Waals surface area contributed by atoms with E-state index in [1.165, 1.54) is 12.1 Å². The van der Waals surface area contributed by atoms with Crippen molar-refractivity contribution in [2.45, 2.75) is 44.8 Å². The van der Waals surface area contributed by atoms with E-state index in [4.69, 9.17) is 4.74 Å². The summed E-state index contributed by atoms with van der Waals surface area (Å²) in [4.78, 5) is 0. The van der Waals surface area contributed by atoms with Gasteiger partial charge in [0.05, 0.1) is 11.7 Å². The highest BCUT2D eigenvalue weighted by atomic mass is 19.1. The molecule has 1 fully saturated rings. The van der Waals surface area contributed by atoms with E-state index in [1.54, 1.807) is 6.07 Å². The molecule has 94 valence electrons. The summed E-state index contributed by atoms with van der Waals surface area (Å²) in [6.07, 6.45) is 1.86. The molecule has 17 heavy (non-hydrogen) atoms. The van der Waals surface area contributed by atoms with Crippen LogP contribution < -0.4 is 0 Å². The average molecular weight is 238 g/mol.